The molecule has 2 atom stereocenters. The minimum Gasteiger partial charge on any atom is -0.384 e. The molecule has 2 aliphatic rings. The van der Waals surface area contributed by atoms with E-state index in [1.54, 1.807) is 7.11 Å². The van der Waals surface area contributed by atoms with E-state index in [2.05, 4.69) is 18.8 Å². The van der Waals surface area contributed by atoms with Crippen LogP contribution in [0.25, 0.3) is 10.2 Å². The van der Waals surface area contributed by atoms with Gasteiger partial charge < -0.3 is 9.64 Å². The highest BCUT2D eigenvalue weighted by atomic mass is 32.1. The van der Waals surface area contributed by atoms with Crippen molar-refractivity contribution < 1.29 is 9.53 Å². The SMILES string of the molecule is COC[C@@]12CN(C(=O)Cn3cnc4ccsc4c3=O)C[C@@H]1C(C)(C)C2. The van der Waals surface area contributed by atoms with Gasteiger partial charge in [-0.25, -0.2) is 4.98 Å². The smallest absolute Gasteiger partial charge is 0.271 e. The van der Waals surface area contributed by atoms with Crippen LogP contribution in [0.2, 0.25) is 0 Å². The molecule has 1 amide bonds. The number of methoxy groups -OCH3 is 1. The number of rotatable bonds is 4. The normalized spacial score (nSPS) is 27.3. The number of carbonyl (C=O) groups excluding carboxylic acids is 1. The predicted octanol–water partition coefficient (Wildman–Crippen LogP) is 1.98. The van der Waals surface area contributed by atoms with Gasteiger partial charge in [0.15, 0.2) is 0 Å². The number of nitrogens with zero attached hydrogens (tertiary/aromatic N) is 3. The lowest BCUT2D eigenvalue weighted by molar-refractivity contribution is -0.131. The highest BCUT2D eigenvalue weighted by Crippen LogP contribution is 2.62. The lowest BCUT2D eigenvalue weighted by atomic mass is 9.48. The molecular formula is C18H23N3O3S. The fourth-order valence-corrected chi connectivity index (χ4v) is 5.83. The van der Waals surface area contributed by atoms with Crippen molar-refractivity contribution in [3.05, 3.63) is 28.1 Å². The lowest BCUT2D eigenvalue weighted by Gasteiger charge is -2.56. The average molecular weight is 361 g/mol. The molecule has 2 aromatic rings. The Bertz CT molecular complexity index is 887. The Hall–Kier alpha value is -1.73. The number of likely N-dealkylation sites (tertiary alicyclic amines) is 1. The first kappa shape index (κ1) is 16.7. The third kappa shape index (κ3) is 2.52. The fraction of sp³-hybridized carbons (Fsp3) is 0.611. The summed E-state index contributed by atoms with van der Waals surface area (Å²) in [5.74, 6) is 0.444. The summed E-state index contributed by atoms with van der Waals surface area (Å²) in [6.07, 6.45) is 2.56. The molecule has 1 saturated carbocycles. The number of carbonyl (C=O) groups is 1. The third-order valence-electron chi connectivity index (χ3n) is 5.92. The van der Waals surface area contributed by atoms with Gasteiger partial charge in [0, 0.05) is 25.6 Å². The van der Waals surface area contributed by atoms with Crippen LogP contribution in [0.4, 0.5) is 0 Å². The van der Waals surface area contributed by atoms with Crippen LogP contribution in [-0.2, 0) is 16.1 Å². The molecule has 7 heteroatoms. The molecule has 0 N–H and O–H groups in total. The maximum atomic E-state index is 12.8. The van der Waals surface area contributed by atoms with E-state index in [1.165, 1.54) is 22.2 Å². The number of amides is 1. The summed E-state index contributed by atoms with van der Waals surface area (Å²) < 4.78 is 7.48. The van der Waals surface area contributed by atoms with Gasteiger partial charge in [0.25, 0.3) is 5.56 Å². The van der Waals surface area contributed by atoms with E-state index < -0.39 is 0 Å². The Labute approximate surface area is 150 Å². The van der Waals surface area contributed by atoms with Gasteiger partial charge in [-0.1, -0.05) is 13.8 Å². The molecule has 1 aliphatic heterocycles. The minimum atomic E-state index is -0.137. The third-order valence-corrected chi connectivity index (χ3v) is 6.82. The second-order valence-corrected chi connectivity index (χ2v) is 9.02. The van der Waals surface area contributed by atoms with Crippen molar-refractivity contribution >= 4 is 27.5 Å². The van der Waals surface area contributed by atoms with E-state index in [-0.39, 0.29) is 28.8 Å². The molecule has 25 heavy (non-hydrogen) atoms. The highest BCUT2D eigenvalue weighted by molar-refractivity contribution is 7.17. The predicted molar refractivity (Wildman–Crippen MR) is 96.7 cm³/mol. The van der Waals surface area contributed by atoms with Crippen LogP contribution in [-0.4, -0.2) is 47.2 Å². The molecule has 0 unspecified atom stereocenters. The molecule has 0 spiro atoms. The highest BCUT2D eigenvalue weighted by Gasteiger charge is 2.63. The molecule has 3 heterocycles. The van der Waals surface area contributed by atoms with Gasteiger partial charge in [0.1, 0.15) is 11.2 Å². The van der Waals surface area contributed by atoms with E-state index in [4.69, 9.17) is 4.74 Å². The molecule has 134 valence electrons. The average Bonchev–Trinajstić information content (AvgIpc) is 3.14. The van der Waals surface area contributed by atoms with Crippen molar-refractivity contribution in [2.45, 2.75) is 26.8 Å². The Kier molecular flexibility index (Phi) is 3.77. The van der Waals surface area contributed by atoms with Crippen molar-refractivity contribution in [2.75, 3.05) is 26.8 Å². The number of thiophene rings is 1. The van der Waals surface area contributed by atoms with Crippen LogP contribution in [0, 0.1) is 16.7 Å². The summed E-state index contributed by atoms with van der Waals surface area (Å²) in [5.41, 5.74) is 0.873. The van der Waals surface area contributed by atoms with Crippen LogP contribution >= 0.6 is 11.3 Å². The van der Waals surface area contributed by atoms with E-state index in [0.717, 1.165) is 19.5 Å². The van der Waals surface area contributed by atoms with Crippen LogP contribution in [0.3, 0.4) is 0 Å². The van der Waals surface area contributed by atoms with E-state index in [1.807, 2.05) is 16.3 Å². The van der Waals surface area contributed by atoms with E-state index in [0.29, 0.717) is 22.7 Å². The number of hydrogen-bond donors (Lipinski definition) is 0. The Morgan fingerprint density at radius 3 is 3.00 bits per heavy atom. The lowest BCUT2D eigenvalue weighted by Crippen LogP contribution is -2.55. The first-order valence-electron chi connectivity index (χ1n) is 8.56. The van der Waals surface area contributed by atoms with Gasteiger partial charge in [-0.05, 0) is 29.2 Å². The monoisotopic (exact) mass is 361 g/mol. The van der Waals surface area contributed by atoms with Crippen molar-refractivity contribution in [2.24, 2.45) is 16.7 Å². The zero-order chi connectivity index (χ0) is 17.8. The van der Waals surface area contributed by atoms with Crippen molar-refractivity contribution in [1.29, 1.82) is 0 Å². The summed E-state index contributed by atoms with van der Waals surface area (Å²) in [6, 6.07) is 1.82. The van der Waals surface area contributed by atoms with Gasteiger partial charge >= 0.3 is 0 Å². The van der Waals surface area contributed by atoms with Crippen molar-refractivity contribution in [1.82, 2.24) is 14.5 Å². The number of aromatic nitrogens is 2. The molecule has 4 rings (SSSR count). The number of hydrogen-bond acceptors (Lipinski definition) is 5. The van der Waals surface area contributed by atoms with Gasteiger partial charge in [-0.15, -0.1) is 11.3 Å². The van der Waals surface area contributed by atoms with Crippen LogP contribution in [0.15, 0.2) is 22.6 Å². The number of fused-ring (bicyclic) bond motifs is 2. The second kappa shape index (κ2) is 5.64. The van der Waals surface area contributed by atoms with Gasteiger partial charge in [0.05, 0.1) is 18.5 Å². The molecule has 2 fully saturated rings. The maximum Gasteiger partial charge on any atom is 0.271 e. The topological polar surface area (TPSA) is 64.4 Å². The number of ether oxygens (including phenoxy) is 1. The molecule has 0 bridgehead atoms. The first-order valence-corrected chi connectivity index (χ1v) is 9.44. The van der Waals surface area contributed by atoms with Crippen molar-refractivity contribution in [3.63, 3.8) is 0 Å². The van der Waals surface area contributed by atoms with E-state index >= 15 is 0 Å². The minimum absolute atomic E-state index is 0.0134. The molecule has 1 saturated heterocycles. The zero-order valence-corrected chi connectivity index (χ0v) is 15.6. The molecule has 1 aliphatic carbocycles. The summed E-state index contributed by atoms with van der Waals surface area (Å²) >= 11 is 1.37. The molecule has 0 radical (unpaired) electrons. The summed E-state index contributed by atoms with van der Waals surface area (Å²) in [4.78, 5) is 31.5. The molecule has 0 aromatic carbocycles. The summed E-state index contributed by atoms with van der Waals surface area (Å²) in [7, 11) is 1.73. The summed E-state index contributed by atoms with van der Waals surface area (Å²) in [6.45, 7) is 6.73. The van der Waals surface area contributed by atoms with Crippen LogP contribution in [0.1, 0.15) is 20.3 Å². The van der Waals surface area contributed by atoms with Crippen molar-refractivity contribution in [3.8, 4) is 0 Å². The zero-order valence-electron chi connectivity index (χ0n) is 14.8. The Morgan fingerprint density at radius 1 is 1.48 bits per heavy atom. The first-order chi connectivity index (χ1) is 11.9. The molecular weight excluding hydrogens is 338 g/mol. The Balaban J connectivity index is 1.54. The van der Waals surface area contributed by atoms with Gasteiger partial charge in [-0.3, -0.25) is 14.2 Å². The Morgan fingerprint density at radius 2 is 2.28 bits per heavy atom. The fourth-order valence-electron chi connectivity index (χ4n) is 5.04. The van der Waals surface area contributed by atoms with Gasteiger partial charge in [-0.2, -0.15) is 0 Å². The molecule has 6 nitrogen and oxygen atoms in total. The van der Waals surface area contributed by atoms with Crippen LogP contribution < -0.4 is 5.56 Å². The van der Waals surface area contributed by atoms with E-state index in [9.17, 15) is 9.59 Å². The second-order valence-electron chi connectivity index (χ2n) is 8.10. The standard InChI is InChI=1S/C18H23N3O3S/c1-17(2)8-18(10-24-3)9-20(6-13(17)18)14(22)7-21-11-19-12-4-5-25-15(12)16(21)23/h4-5,11,13H,6-10H2,1-3H3/t13-,18-/m1/s1. The quantitative estimate of drug-likeness (QED) is 0.835. The van der Waals surface area contributed by atoms with Crippen LogP contribution in [0.5, 0.6) is 0 Å². The largest absolute Gasteiger partial charge is 0.384 e. The molecule has 2 aromatic heterocycles. The maximum absolute atomic E-state index is 12.8. The summed E-state index contributed by atoms with van der Waals surface area (Å²) in [5, 5.41) is 1.85. The van der Waals surface area contributed by atoms with Gasteiger partial charge in [0.2, 0.25) is 5.91 Å².